The molecule has 17 heavy (non-hydrogen) atoms. The van der Waals surface area contributed by atoms with Crippen LogP contribution in [-0.2, 0) is 4.74 Å². The summed E-state index contributed by atoms with van der Waals surface area (Å²) in [5.41, 5.74) is 5.77. The number of nitrogen functional groups attached to an aromatic ring is 1. The third-order valence-corrected chi connectivity index (χ3v) is 2.53. The normalized spacial score (nSPS) is 14.1. The second kappa shape index (κ2) is 5.81. The first-order valence-electron chi connectivity index (χ1n) is 4.77. The summed E-state index contributed by atoms with van der Waals surface area (Å²) in [6.07, 6.45) is -1.11. The first-order valence-corrected chi connectivity index (χ1v) is 5.30. The van der Waals surface area contributed by atoms with E-state index in [0.717, 1.165) is 0 Å². The second-order valence-electron chi connectivity index (χ2n) is 3.36. The van der Waals surface area contributed by atoms with E-state index in [1.165, 1.54) is 19.4 Å². The summed E-state index contributed by atoms with van der Waals surface area (Å²) in [7, 11) is 1.21. The Hall–Kier alpha value is -1.37. The number of methoxy groups -OCH3 is 1. The van der Waals surface area contributed by atoms with Crippen LogP contribution in [0.4, 0.5) is 5.82 Å². The molecule has 0 aliphatic rings. The van der Waals surface area contributed by atoms with Gasteiger partial charge in [0, 0.05) is 11.8 Å². The molecular formula is C10H13ClN2O4. The summed E-state index contributed by atoms with van der Waals surface area (Å²) in [4.78, 5) is 15.1. The SMILES string of the molecule is COC(=O)c1cc(C(O)C(O)CCl)cnc1N. The number of aliphatic hydroxyl groups is 2. The number of rotatable bonds is 4. The van der Waals surface area contributed by atoms with E-state index in [2.05, 4.69) is 9.72 Å². The Morgan fingerprint density at radius 2 is 2.29 bits per heavy atom. The Bertz CT molecular complexity index is 413. The van der Waals surface area contributed by atoms with Gasteiger partial charge in [-0.3, -0.25) is 0 Å². The Balaban J connectivity index is 3.08. The first-order chi connectivity index (χ1) is 8.01. The van der Waals surface area contributed by atoms with E-state index in [4.69, 9.17) is 17.3 Å². The molecule has 0 spiro atoms. The number of anilines is 1. The molecule has 2 atom stereocenters. The van der Waals surface area contributed by atoms with Crippen LogP contribution in [0.15, 0.2) is 12.3 Å². The van der Waals surface area contributed by atoms with Crippen molar-refractivity contribution in [1.29, 1.82) is 0 Å². The molecule has 2 unspecified atom stereocenters. The Morgan fingerprint density at radius 1 is 1.65 bits per heavy atom. The molecule has 6 nitrogen and oxygen atoms in total. The highest BCUT2D eigenvalue weighted by Gasteiger charge is 2.20. The summed E-state index contributed by atoms with van der Waals surface area (Å²) in [5, 5.41) is 19.1. The maximum atomic E-state index is 11.3. The van der Waals surface area contributed by atoms with E-state index >= 15 is 0 Å². The largest absolute Gasteiger partial charge is 0.465 e. The quantitative estimate of drug-likeness (QED) is 0.523. The molecule has 0 radical (unpaired) electrons. The molecule has 0 amide bonds. The summed E-state index contributed by atoms with van der Waals surface area (Å²) in [5.74, 6) is -0.809. The predicted molar refractivity (Wildman–Crippen MR) is 61.7 cm³/mol. The van der Waals surface area contributed by atoms with E-state index in [1.807, 2.05) is 0 Å². The third-order valence-electron chi connectivity index (χ3n) is 2.21. The van der Waals surface area contributed by atoms with E-state index in [0.29, 0.717) is 0 Å². The molecular weight excluding hydrogens is 248 g/mol. The maximum Gasteiger partial charge on any atom is 0.341 e. The number of pyridine rings is 1. The molecule has 94 valence electrons. The topological polar surface area (TPSA) is 106 Å². The molecule has 0 aliphatic carbocycles. The summed E-state index contributed by atoms with van der Waals surface area (Å²) < 4.78 is 4.51. The highest BCUT2D eigenvalue weighted by Crippen LogP contribution is 2.21. The van der Waals surface area contributed by atoms with Gasteiger partial charge >= 0.3 is 5.97 Å². The fraction of sp³-hybridized carbons (Fsp3) is 0.400. The van der Waals surface area contributed by atoms with E-state index in [-0.39, 0.29) is 22.8 Å². The fourth-order valence-corrected chi connectivity index (χ4v) is 1.40. The summed E-state index contributed by atoms with van der Waals surface area (Å²) in [6, 6.07) is 1.31. The van der Waals surface area contributed by atoms with Crippen LogP contribution in [0.5, 0.6) is 0 Å². The van der Waals surface area contributed by atoms with Gasteiger partial charge in [0.15, 0.2) is 0 Å². The van der Waals surface area contributed by atoms with Crippen molar-refractivity contribution in [3.05, 3.63) is 23.4 Å². The molecule has 1 rings (SSSR count). The summed E-state index contributed by atoms with van der Waals surface area (Å²) >= 11 is 5.41. The number of nitrogens with two attached hydrogens (primary N) is 1. The van der Waals surface area contributed by atoms with Crippen LogP contribution in [0.2, 0.25) is 0 Å². The average molecular weight is 261 g/mol. The van der Waals surface area contributed by atoms with Gasteiger partial charge in [0.1, 0.15) is 17.5 Å². The monoisotopic (exact) mass is 260 g/mol. The standard InChI is InChI=1S/C10H13ClN2O4/c1-17-10(16)6-2-5(4-13-9(6)12)8(15)7(14)3-11/h2,4,7-8,14-15H,3H2,1H3,(H2,12,13). The number of carbonyl (C=O) groups excluding carboxylic acids is 1. The molecule has 0 aromatic carbocycles. The molecule has 0 fully saturated rings. The zero-order valence-corrected chi connectivity index (χ0v) is 9.89. The number of esters is 1. The van der Waals surface area contributed by atoms with Crippen LogP contribution >= 0.6 is 11.6 Å². The van der Waals surface area contributed by atoms with Crippen molar-refractivity contribution in [2.75, 3.05) is 18.7 Å². The minimum atomic E-state index is -1.23. The minimum Gasteiger partial charge on any atom is -0.465 e. The Morgan fingerprint density at radius 3 is 2.82 bits per heavy atom. The highest BCUT2D eigenvalue weighted by molar-refractivity contribution is 6.18. The molecule has 4 N–H and O–H groups in total. The van der Waals surface area contributed by atoms with Crippen LogP contribution in [0, 0.1) is 0 Å². The number of carbonyl (C=O) groups is 1. The lowest BCUT2D eigenvalue weighted by Crippen LogP contribution is -2.20. The van der Waals surface area contributed by atoms with Gasteiger partial charge < -0.3 is 20.7 Å². The lowest BCUT2D eigenvalue weighted by atomic mass is 10.1. The highest BCUT2D eigenvalue weighted by atomic mass is 35.5. The molecule has 7 heteroatoms. The molecule has 0 aliphatic heterocycles. The number of alkyl halides is 1. The third kappa shape index (κ3) is 3.06. The molecule has 1 heterocycles. The minimum absolute atomic E-state index is 0.00633. The average Bonchev–Trinajstić information content (AvgIpc) is 2.36. The van der Waals surface area contributed by atoms with Crippen molar-refractivity contribution in [2.24, 2.45) is 0 Å². The fourth-order valence-electron chi connectivity index (χ4n) is 1.23. The van der Waals surface area contributed by atoms with Crippen LogP contribution in [0.3, 0.4) is 0 Å². The van der Waals surface area contributed by atoms with Crippen molar-refractivity contribution < 1.29 is 19.7 Å². The van der Waals surface area contributed by atoms with Gasteiger partial charge in [-0.2, -0.15) is 0 Å². The number of halogens is 1. The lowest BCUT2D eigenvalue weighted by molar-refractivity contribution is 0.0323. The van der Waals surface area contributed by atoms with Gasteiger partial charge in [0.2, 0.25) is 0 Å². The predicted octanol–water partition coefficient (Wildman–Crippen LogP) is 0.0835. The number of hydrogen-bond acceptors (Lipinski definition) is 6. The van der Waals surface area contributed by atoms with E-state index in [9.17, 15) is 15.0 Å². The van der Waals surface area contributed by atoms with Gasteiger partial charge in [0.05, 0.1) is 19.1 Å². The van der Waals surface area contributed by atoms with Gasteiger partial charge in [-0.05, 0) is 6.07 Å². The van der Waals surface area contributed by atoms with Gasteiger partial charge in [-0.25, -0.2) is 9.78 Å². The van der Waals surface area contributed by atoms with E-state index < -0.39 is 18.2 Å². The van der Waals surface area contributed by atoms with Crippen molar-refractivity contribution >= 4 is 23.4 Å². The number of nitrogens with zero attached hydrogens (tertiary/aromatic N) is 1. The Kier molecular flexibility index (Phi) is 4.68. The second-order valence-corrected chi connectivity index (χ2v) is 3.67. The van der Waals surface area contributed by atoms with Gasteiger partial charge in [0.25, 0.3) is 0 Å². The molecule has 1 aromatic rings. The van der Waals surface area contributed by atoms with Crippen molar-refractivity contribution in [1.82, 2.24) is 4.98 Å². The van der Waals surface area contributed by atoms with Gasteiger partial charge in [-0.15, -0.1) is 11.6 Å². The lowest BCUT2D eigenvalue weighted by Gasteiger charge is -2.16. The van der Waals surface area contributed by atoms with Crippen LogP contribution in [-0.4, -0.2) is 40.3 Å². The zero-order chi connectivity index (χ0) is 13.0. The maximum absolute atomic E-state index is 11.3. The van der Waals surface area contributed by atoms with Gasteiger partial charge in [-0.1, -0.05) is 0 Å². The Labute approximate surface area is 103 Å². The zero-order valence-electron chi connectivity index (χ0n) is 9.13. The van der Waals surface area contributed by atoms with Crippen molar-refractivity contribution in [3.8, 4) is 0 Å². The number of hydrogen-bond donors (Lipinski definition) is 3. The van der Waals surface area contributed by atoms with Crippen LogP contribution in [0.1, 0.15) is 22.0 Å². The number of aromatic nitrogens is 1. The summed E-state index contributed by atoms with van der Waals surface area (Å²) in [6.45, 7) is 0. The molecule has 0 saturated carbocycles. The van der Waals surface area contributed by atoms with Crippen molar-refractivity contribution in [3.63, 3.8) is 0 Å². The van der Waals surface area contributed by atoms with Crippen LogP contribution in [0.25, 0.3) is 0 Å². The molecule has 0 saturated heterocycles. The molecule has 1 aromatic heterocycles. The number of aliphatic hydroxyl groups excluding tert-OH is 2. The van der Waals surface area contributed by atoms with Crippen molar-refractivity contribution in [2.45, 2.75) is 12.2 Å². The smallest absolute Gasteiger partial charge is 0.341 e. The molecule has 0 bridgehead atoms. The number of ether oxygens (including phenoxy) is 1. The first kappa shape index (κ1) is 13.7. The van der Waals surface area contributed by atoms with E-state index in [1.54, 1.807) is 0 Å². The van der Waals surface area contributed by atoms with Crippen LogP contribution < -0.4 is 5.73 Å².